The Morgan fingerprint density at radius 3 is 2.38 bits per heavy atom. The van der Waals surface area contributed by atoms with Crippen molar-refractivity contribution >= 4 is 10.9 Å². The standard InChI is InChI=1S/C26H23F5N2O/c27-25(28,26(29,30)31)17-34-22-8-4-5-18(13-22)15-32-12-11-21-16-33-24-14-20(9-10-23(21)24)19-6-2-1-3-7-19/h1-10,13-14,16,32-33H,11-12,15,17H2. The predicted octanol–water partition coefficient (Wildman–Crippen LogP) is 6.74. The largest absolute Gasteiger partial charge is 0.487 e. The lowest BCUT2D eigenvalue weighted by Gasteiger charge is -2.20. The van der Waals surface area contributed by atoms with E-state index < -0.39 is 18.7 Å². The van der Waals surface area contributed by atoms with Crippen molar-refractivity contribution in [3.63, 3.8) is 0 Å². The van der Waals surface area contributed by atoms with E-state index in [0.717, 1.165) is 39.6 Å². The van der Waals surface area contributed by atoms with Crippen LogP contribution >= 0.6 is 0 Å². The van der Waals surface area contributed by atoms with Gasteiger partial charge in [0.2, 0.25) is 0 Å². The lowest BCUT2D eigenvalue weighted by molar-refractivity contribution is -0.290. The van der Waals surface area contributed by atoms with Crippen molar-refractivity contribution < 1.29 is 26.7 Å². The number of hydrogen-bond acceptors (Lipinski definition) is 2. The summed E-state index contributed by atoms with van der Waals surface area (Å²) in [6.07, 6.45) is -2.90. The van der Waals surface area contributed by atoms with Crippen molar-refractivity contribution in [2.24, 2.45) is 0 Å². The maximum atomic E-state index is 13.1. The van der Waals surface area contributed by atoms with Crippen molar-refractivity contribution in [2.75, 3.05) is 13.2 Å². The highest BCUT2D eigenvalue weighted by Crippen LogP contribution is 2.35. The molecule has 2 N–H and O–H groups in total. The third kappa shape index (κ3) is 5.56. The Balaban J connectivity index is 1.30. The average Bonchev–Trinajstić information content (AvgIpc) is 3.23. The maximum Gasteiger partial charge on any atom is 0.456 e. The first kappa shape index (κ1) is 23.8. The number of rotatable bonds is 9. The van der Waals surface area contributed by atoms with Gasteiger partial charge in [-0.2, -0.15) is 22.0 Å². The number of halogens is 5. The van der Waals surface area contributed by atoms with Gasteiger partial charge in [0.15, 0.2) is 6.61 Å². The van der Waals surface area contributed by atoms with Crippen LogP contribution in [0.4, 0.5) is 22.0 Å². The molecule has 4 aromatic rings. The SMILES string of the molecule is FC(F)(F)C(F)(F)COc1cccc(CNCCc2c[nH]c3cc(-c4ccccc4)ccc23)c1. The number of aromatic amines is 1. The van der Waals surface area contributed by atoms with Crippen LogP contribution in [0.5, 0.6) is 5.75 Å². The zero-order valence-electron chi connectivity index (χ0n) is 18.1. The minimum atomic E-state index is -5.64. The van der Waals surface area contributed by atoms with E-state index in [0.29, 0.717) is 13.1 Å². The van der Waals surface area contributed by atoms with Crippen LogP contribution in [0.2, 0.25) is 0 Å². The van der Waals surface area contributed by atoms with Gasteiger partial charge in [-0.3, -0.25) is 0 Å². The summed E-state index contributed by atoms with van der Waals surface area (Å²) in [5.74, 6) is -4.93. The van der Waals surface area contributed by atoms with Gasteiger partial charge in [0.1, 0.15) is 5.75 Å². The molecule has 0 unspecified atom stereocenters. The van der Waals surface area contributed by atoms with Gasteiger partial charge in [-0.15, -0.1) is 0 Å². The number of alkyl halides is 5. The van der Waals surface area contributed by atoms with E-state index in [-0.39, 0.29) is 5.75 Å². The van der Waals surface area contributed by atoms with Gasteiger partial charge in [0, 0.05) is 23.6 Å². The molecule has 0 saturated heterocycles. The van der Waals surface area contributed by atoms with Gasteiger partial charge in [0.25, 0.3) is 0 Å². The zero-order chi connectivity index (χ0) is 24.2. The molecule has 8 heteroatoms. The molecule has 0 saturated carbocycles. The fourth-order valence-electron chi connectivity index (χ4n) is 3.66. The monoisotopic (exact) mass is 474 g/mol. The fourth-order valence-corrected chi connectivity index (χ4v) is 3.66. The molecule has 3 nitrogen and oxygen atoms in total. The van der Waals surface area contributed by atoms with E-state index >= 15 is 0 Å². The first-order valence-electron chi connectivity index (χ1n) is 10.8. The van der Waals surface area contributed by atoms with Gasteiger partial charge in [-0.05, 0) is 53.4 Å². The maximum absolute atomic E-state index is 13.1. The zero-order valence-corrected chi connectivity index (χ0v) is 18.1. The highest BCUT2D eigenvalue weighted by Gasteiger charge is 2.58. The topological polar surface area (TPSA) is 37.0 Å². The Kier molecular flexibility index (Phi) is 6.88. The van der Waals surface area contributed by atoms with Gasteiger partial charge < -0.3 is 15.0 Å². The third-order valence-corrected chi connectivity index (χ3v) is 5.51. The molecular formula is C26H23F5N2O. The van der Waals surface area contributed by atoms with Crippen LogP contribution in [0.1, 0.15) is 11.1 Å². The summed E-state index contributed by atoms with van der Waals surface area (Å²) in [5.41, 5.74) is 5.22. The van der Waals surface area contributed by atoms with Crippen LogP contribution in [0.3, 0.4) is 0 Å². The van der Waals surface area contributed by atoms with E-state index in [1.54, 1.807) is 12.1 Å². The second kappa shape index (κ2) is 9.85. The van der Waals surface area contributed by atoms with E-state index in [1.165, 1.54) is 12.1 Å². The van der Waals surface area contributed by atoms with Crippen LogP contribution in [-0.2, 0) is 13.0 Å². The van der Waals surface area contributed by atoms with Gasteiger partial charge in [-0.25, -0.2) is 0 Å². The van der Waals surface area contributed by atoms with Gasteiger partial charge >= 0.3 is 12.1 Å². The molecule has 0 aliphatic carbocycles. The molecular weight excluding hydrogens is 451 g/mol. The van der Waals surface area contributed by atoms with Crippen LogP contribution in [0, 0.1) is 0 Å². The Morgan fingerprint density at radius 2 is 1.62 bits per heavy atom. The highest BCUT2D eigenvalue weighted by molar-refractivity contribution is 5.87. The summed E-state index contributed by atoms with van der Waals surface area (Å²) in [6.45, 7) is -0.669. The second-order valence-corrected chi connectivity index (χ2v) is 8.01. The lowest BCUT2D eigenvalue weighted by atomic mass is 10.0. The number of benzene rings is 3. The van der Waals surface area contributed by atoms with Crippen LogP contribution < -0.4 is 10.1 Å². The van der Waals surface area contributed by atoms with Crippen LogP contribution in [0.15, 0.2) is 79.0 Å². The molecule has 1 aromatic heterocycles. The first-order chi connectivity index (χ1) is 16.2. The molecule has 0 atom stereocenters. The molecule has 1 heterocycles. The van der Waals surface area contributed by atoms with Crippen molar-refractivity contribution in [2.45, 2.75) is 25.1 Å². The highest BCUT2D eigenvalue weighted by atomic mass is 19.4. The van der Waals surface area contributed by atoms with E-state index in [2.05, 4.69) is 40.6 Å². The smallest absolute Gasteiger partial charge is 0.456 e. The number of aromatic nitrogens is 1. The first-order valence-corrected chi connectivity index (χ1v) is 10.8. The summed E-state index contributed by atoms with van der Waals surface area (Å²) >= 11 is 0. The summed E-state index contributed by atoms with van der Waals surface area (Å²) in [7, 11) is 0. The minimum absolute atomic E-state index is 0.0333. The number of hydrogen-bond donors (Lipinski definition) is 2. The number of fused-ring (bicyclic) bond motifs is 1. The van der Waals surface area contributed by atoms with Crippen molar-refractivity contribution in [3.05, 3.63) is 90.1 Å². The molecule has 0 aliphatic rings. The number of ether oxygens (including phenoxy) is 1. The van der Waals surface area contributed by atoms with Gasteiger partial charge in [-0.1, -0.05) is 54.6 Å². The fraction of sp³-hybridized carbons (Fsp3) is 0.231. The summed E-state index contributed by atoms with van der Waals surface area (Å²) < 4.78 is 67.7. The van der Waals surface area contributed by atoms with Crippen LogP contribution in [-0.4, -0.2) is 30.2 Å². The number of H-pyrrole nitrogens is 1. The summed E-state index contributed by atoms with van der Waals surface area (Å²) in [5, 5.41) is 4.41. The quantitative estimate of drug-likeness (QED) is 0.208. The van der Waals surface area contributed by atoms with Gasteiger partial charge in [0.05, 0.1) is 0 Å². The summed E-state index contributed by atoms with van der Waals surface area (Å²) in [4.78, 5) is 3.32. The third-order valence-electron chi connectivity index (χ3n) is 5.51. The molecule has 0 fully saturated rings. The molecule has 0 amide bonds. The van der Waals surface area contributed by atoms with Crippen molar-refractivity contribution in [1.29, 1.82) is 0 Å². The van der Waals surface area contributed by atoms with E-state index in [1.807, 2.05) is 24.4 Å². The summed E-state index contributed by atoms with van der Waals surface area (Å²) in [6, 6.07) is 22.6. The molecule has 0 spiro atoms. The van der Waals surface area contributed by atoms with Crippen molar-refractivity contribution in [3.8, 4) is 16.9 Å². The molecule has 4 rings (SSSR count). The Morgan fingerprint density at radius 1 is 0.824 bits per heavy atom. The Hall–Kier alpha value is -3.39. The molecule has 0 aliphatic heterocycles. The minimum Gasteiger partial charge on any atom is -0.487 e. The van der Waals surface area contributed by atoms with Crippen LogP contribution in [0.25, 0.3) is 22.0 Å². The predicted molar refractivity (Wildman–Crippen MR) is 122 cm³/mol. The second-order valence-electron chi connectivity index (χ2n) is 8.01. The normalized spacial score (nSPS) is 12.3. The Bertz CT molecular complexity index is 1230. The number of nitrogens with one attached hydrogen (secondary N) is 2. The molecule has 0 bridgehead atoms. The lowest BCUT2D eigenvalue weighted by Crippen LogP contribution is -2.41. The average molecular weight is 474 g/mol. The van der Waals surface area contributed by atoms with E-state index in [9.17, 15) is 22.0 Å². The Labute approximate surface area is 193 Å². The van der Waals surface area contributed by atoms with Crippen molar-refractivity contribution in [1.82, 2.24) is 10.3 Å². The molecule has 34 heavy (non-hydrogen) atoms. The molecule has 3 aromatic carbocycles. The molecule has 178 valence electrons. The molecule has 0 radical (unpaired) electrons. The van der Waals surface area contributed by atoms with E-state index in [4.69, 9.17) is 4.74 Å².